The van der Waals surface area contributed by atoms with Crippen molar-refractivity contribution in [3.63, 3.8) is 0 Å². The third kappa shape index (κ3) is 3.21. The molecule has 1 aliphatic carbocycles. The maximum Gasteiger partial charge on any atom is 0.230 e. The van der Waals surface area contributed by atoms with Crippen LogP contribution in [-0.2, 0) is 4.79 Å². The Balaban J connectivity index is 2.03. The summed E-state index contributed by atoms with van der Waals surface area (Å²) in [5.41, 5.74) is 0.739. The van der Waals surface area contributed by atoms with E-state index in [0.29, 0.717) is 0 Å². The second-order valence-corrected chi connectivity index (χ2v) is 6.33. The van der Waals surface area contributed by atoms with Gasteiger partial charge in [0.15, 0.2) is 0 Å². The number of carbonyl (C=O) groups is 1. The molecule has 0 unspecified atom stereocenters. The zero-order valence-electron chi connectivity index (χ0n) is 10.1. The van der Waals surface area contributed by atoms with Crippen LogP contribution in [0.15, 0.2) is 24.3 Å². The molecule has 1 N–H and O–H groups in total. The van der Waals surface area contributed by atoms with E-state index in [1.165, 1.54) is 22.8 Å². The van der Waals surface area contributed by atoms with E-state index in [1.54, 1.807) is 0 Å². The third-order valence-corrected chi connectivity index (χ3v) is 4.33. The number of hydrogen-bond donors (Lipinski definition) is 1. The second kappa shape index (κ2) is 5.38. The summed E-state index contributed by atoms with van der Waals surface area (Å²) in [6, 6.07) is 7.95. The fourth-order valence-electron chi connectivity index (χ4n) is 2.37. The van der Waals surface area contributed by atoms with E-state index in [9.17, 15) is 4.79 Å². The molecule has 0 aliphatic heterocycles. The van der Waals surface area contributed by atoms with Crippen LogP contribution >= 0.6 is 22.6 Å². The van der Waals surface area contributed by atoms with Crippen molar-refractivity contribution >= 4 is 34.2 Å². The standard InChI is InChI=1S/C14H18INO/c1-14(9-3-2-4-10-14)13(17)16-12-7-5-11(15)6-8-12/h5-8H,2-4,9-10H2,1H3,(H,16,17). The van der Waals surface area contributed by atoms with Crippen molar-refractivity contribution in [2.45, 2.75) is 39.0 Å². The van der Waals surface area contributed by atoms with Gasteiger partial charge in [0.05, 0.1) is 0 Å². The van der Waals surface area contributed by atoms with Crippen LogP contribution in [0.4, 0.5) is 5.69 Å². The summed E-state index contributed by atoms with van der Waals surface area (Å²) < 4.78 is 1.18. The molecule has 1 aliphatic rings. The number of hydrogen-bond acceptors (Lipinski definition) is 1. The number of benzene rings is 1. The van der Waals surface area contributed by atoms with E-state index in [4.69, 9.17) is 0 Å². The topological polar surface area (TPSA) is 29.1 Å². The first-order valence-corrected chi connectivity index (χ1v) is 7.25. The SMILES string of the molecule is CC1(C(=O)Nc2ccc(I)cc2)CCCCC1. The van der Waals surface area contributed by atoms with Gasteiger partial charge in [-0.2, -0.15) is 0 Å². The van der Waals surface area contributed by atoms with Crippen LogP contribution < -0.4 is 5.32 Å². The molecule has 0 aromatic heterocycles. The Bertz CT molecular complexity index is 393. The van der Waals surface area contributed by atoms with E-state index < -0.39 is 0 Å². The number of halogens is 1. The molecule has 1 aromatic rings. The Labute approximate surface area is 116 Å². The van der Waals surface area contributed by atoms with Crippen LogP contribution in [0.2, 0.25) is 0 Å². The number of rotatable bonds is 2. The summed E-state index contributed by atoms with van der Waals surface area (Å²) in [6.45, 7) is 2.09. The molecular weight excluding hydrogens is 325 g/mol. The first-order chi connectivity index (χ1) is 8.10. The number of carbonyl (C=O) groups excluding carboxylic acids is 1. The summed E-state index contributed by atoms with van der Waals surface area (Å²) in [7, 11) is 0. The van der Waals surface area contributed by atoms with Crippen molar-refractivity contribution in [1.29, 1.82) is 0 Å². The van der Waals surface area contributed by atoms with E-state index >= 15 is 0 Å². The molecule has 2 rings (SSSR count). The van der Waals surface area contributed by atoms with E-state index in [0.717, 1.165) is 18.5 Å². The lowest BCUT2D eigenvalue weighted by atomic mass is 9.75. The van der Waals surface area contributed by atoms with Crippen molar-refractivity contribution in [2.75, 3.05) is 5.32 Å². The Hall–Kier alpha value is -0.580. The lowest BCUT2D eigenvalue weighted by Crippen LogP contribution is -2.35. The average molecular weight is 343 g/mol. The summed E-state index contributed by atoms with van der Waals surface area (Å²) in [5.74, 6) is 0.179. The smallest absolute Gasteiger partial charge is 0.230 e. The Morgan fingerprint density at radius 3 is 2.35 bits per heavy atom. The zero-order valence-corrected chi connectivity index (χ0v) is 12.3. The van der Waals surface area contributed by atoms with Gasteiger partial charge in [-0.3, -0.25) is 4.79 Å². The normalized spacial score (nSPS) is 18.7. The maximum atomic E-state index is 12.3. The molecule has 3 heteroatoms. The molecule has 0 bridgehead atoms. The van der Waals surface area contributed by atoms with Gasteiger partial charge in [-0.25, -0.2) is 0 Å². The molecule has 17 heavy (non-hydrogen) atoms. The van der Waals surface area contributed by atoms with Crippen LogP contribution in [0, 0.1) is 8.99 Å². The van der Waals surface area contributed by atoms with Gasteiger partial charge in [-0.15, -0.1) is 0 Å². The molecule has 0 heterocycles. The first kappa shape index (κ1) is 12.9. The van der Waals surface area contributed by atoms with Gasteiger partial charge < -0.3 is 5.32 Å². The van der Waals surface area contributed by atoms with Gasteiger partial charge >= 0.3 is 0 Å². The van der Waals surface area contributed by atoms with Gasteiger partial charge in [0, 0.05) is 14.7 Å². The van der Waals surface area contributed by atoms with Crippen molar-refractivity contribution in [3.8, 4) is 0 Å². The van der Waals surface area contributed by atoms with Crippen molar-refractivity contribution in [2.24, 2.45) is 5.41 Å². The zero-order chi connectivity index (χ0) is 12.3. The molecule has 0 radical (unpaired) electrons. The minimum atomic E-state index is -0.165. The molecule has 1 amide bonds. The van der Waals surface area contributed by atoms with Gasteiger partial charge in [0.25, 0.3) is 0 Å². The van der Waals surface area contributed by atoms with Crippen LogP contribution in [0.1, 0.15) is 39.0 Å². The first-order valence-electron chi connectivity index (χ1n) is 6.17. The molecule has 92 valence electrons. The molecule has 0 spiro atoms. The highest BCUT2D eigenvalue weighted by Gasteiger charge is 2.34. The van der Waals surface area contributed by atoms with Gasteiger partial charge in [-0.1, -0.05) is 26.2 Å². The lowest BCUT2D eigenvalue weighted by molar-refractivity contribution is -0.126. The predicted molar refractivity (Wildman–Crippen MR) is 79.0 cm³/mol. The molecule has 0 atom stereocenters. The third-order valence-electron chi connectivity index (χ3n) is 3.61. The quantitative estimate of drug-likeness (QED) is 0.801. The van der Waals surface area contributed by atoms with Crippen LogP contribution in [0.25, 0.3) is 0 Å². The molecular formula is C14H18INO. The Kier molecular flexibility index (Phi) is 4.07. The summed E-state index contributed by atoms with van der Waals surface area (Å²) in [6.07, 6.45) is 5.66. The van der Waals surface area contributed by atoms with E-state index in [1.807, 2.05) is 24.3 Å². The molecule has 1 fully saturated rings. The molecule has 2 nitrogen and oxygen atoms in total. The highest BCUT2D eigenvalue weighted by Crippen LogP contribution is 2.36. The fourth-order valence-corrected chi connectivity index (χ4v) is 2.73. The Morgan fingerprint density at radius 1 is 1.18 bits per heavy atom. The minimum absolute atomic E-state index is 0.165. The maximum absolute atomic E-state index is 12.3. The fraction of sp³-hybridized carbons (Fsp3) is 0.500. The monoisotopic (exact) mass is 343 g/mol. The minimum Gasteiger partial charge on any atom is -0.326 e. The molecule has 0 saturated heterocycles. The van der Waals surface area contributed by atoms with Gasteiger partial charge in [0.2, 0.25) is 5.91 Å². The highest BCUT2D eigenvalue weighted by molar-refractivity contribution is 14.1. The van der Waals surface area contributed by atoms with Crippen molar-refractivity contribution in [1.82, 2.24) is 0 Å². The number of amides is 1. The van der Waals surface area contributed by atoms with Gasteiger partial charge in [0.1, 0.15) is 0 Å². The van der Waals surface area contributed by atoms with Crippen LogP contribution in [-0.4, -0.2) is 5.91 Å². The van der Waals surface area contributed by atoms with Crippen LogP contribution in [0.5, 0.6) is 0 Å². The largest absolute Gasteiger partial charge is 0.326 e. The molecule has 1 saturated carbocycles. The van der Waals surface area contributed by atoms with Crippen molar-refractivity contribution < 1.29 is 4.79 Å². The lowest BCUT2D eigenvalue weighted by Gasteiger charge is -2.32. The van der Waals surface area contributed by atoms with Crippen LogP contribution in [0.3, 0.4) is 0 Å². The summed E-state index contributed by atoms with van der Waals surface area (Å²) in [5, 5.41) is 3.04. The number of nitrogens with one attached hydrogen (secondary N) is 1. The summed E-state index contributed by atoms with van der Waals surface area (Å²) >= 11 is 2.26. The highest BCUT2D eigenvalue weighted by atomic mass is 127. The number of anilines is 1. The Morgan fingerprint density at radius 2 is 1.76 bits per heavy atom. The predicted octanol–water partition coefficient (Wildman–Crippen LogP) is 4.20. The van der Waals surface area contributed by atoms with Crippen molar-refractivity contribution in [3.05, 3.63) is 27.8 Å². The van der Waals surface area contributed by atoms with Gasteiger partial charge in [-0.05, 0) is 59.7 Å². The summed E-state index contributed by atoms with van der Waals surface area (Å²) in [4.78, 5) is 12.3. The van der Waals surface area contributed by atoms with E-state index in [2.05, 4.69) is 34.8 Å². The second-order valence-electron chi connectivity index (χ2n) is 5.08. The molecule has 1 aromatic carbocycles. The van der Waals surface area contributed by atoms with E-state index in [-0.39, 0.29) is 11.3 Å². The average Bonchev–Trinajstić information content (AvgIpc) is 2.33.